The molecule has 5 heteroatoms. The standard InChI is InChI=1S/C12H19N3O2/c1-4-13-11-7-9(2)14-8-10(11)12(17)15(3)5-6-16/h7-8,16H,4-6H2,1-3H3,(H,13,14). The maximum atomic E-state index is 12.1. The molecule has 17 heavy (non-hydrogen) atoms. The summed E-state index contributed by atoms with van der Waals surface area (Å²) in [6.45, 7) is 4.87. The second-order valence-corrected chi connectivity index (χ2v) is 3.85. The lowest BCUT2D eigenvalue weighted by molar-refractivity contribution is 0.0767. The number of aryl methyl sites for hydroxylation is 1. The maximum Gasteiger partial charge on any atom is 0.257 e. The van der Waals surface area contributed by atoms with E-state index < -0.39 is 0 Å². The van der Waals surface area contributed by atoms with Gasteiger partial charge in [-0.3, -0.25) is 9.78 Å². The lowest BCUT2D eigenvalue weighted by atomic mass is 10.2. The summed E-state index contributed by atoms with van der Waals surface area (Å²) in [5.41, 5.74) is 2.19. The van der Waals surface area contributed by atoms with Crippen LogP contribution in [0.1, 0.15) is 23.0 Å². The Morgan fingerprint density at radius 3 is 2.88 bits per heavy atom. The van der Waals surface area contributed by atoms with Crippen molar-refractivity contribution in [1.29, 1.82) is 0 Å². The number of hydrogen-bond acceptors (Lipinski definition) is 4. The van der Waals surface area contributed by atoms with Gasteiger partial charge < -0.3 is 15.3 Å². The van der Waals surface area contributed by atoms with Gasteiger partial charge in [-0.05, 0) is 19.9 Å². The predicted molar refractivity (Wildman–Crippen MR) is 67.2 cm³/mol. The molecule has 0 saturated heterocycles. The van der Waals surface area contributed by atoms with Crippen molar-refractivity contribution >= 4 is 11.6 Å². The van der Waals surface area contributed by atoms with E-state index >= 15 is 0 Å². The monoisotopic (exact) mass is 237 g/mol. The third kappa shape index (κ3) is 3.42. The highest BCUT2D eigenvalue weighted by Gasteiger charge is 2.15. The Labute approximate surface area is 101 Å². The zero-order valence-corrected chi connectivity index (χ0v) is 10.5. The summed E-state index contributed by atoms with van der Waals surface area (Å²) in [4.78, 5) is 17.7. The number of aliphatic hydroxyl groups is 1. The summed E-state index contributed by atoms with van der Waals surface area (Å²) in [5, 5.41) is 12.0. The average Bonchev–Trinajstić information content (AvgIpc) is 2.29. The highest BCUT2D eigenvalue weighted by Crippen LogP contribution is 2.17. The minimum absolute atomic E-state index is 0.0436. The van der Waals surface area contributed by atoms with Gasteiger partial charge in [0.25, 0.3) is 5.91 Å². The van der Waals surface area contributed by atoms with Gasteiger partial charge in [-0.1, -0.05) is 0 Å². The van der Waals surface area contributed by atoms with Crippen LogP contribution in [0.25, 0.3) is 0 Å². The van der Waals surface area contributed by atoms with E-state index in [0.717, 1.165) is 17.9 Å². The van der Waals surface area contributed by atoms with Gasteiger partial charge in [0.05, 0.1) is 17.9 Å². The Balaban J connectivity index is 2.99. The van der Waals surface area contributed by atoms with E-state index in [9.17, 15) is 4.79 Å². The van der Waals surface area contributed by atoms with Crippen molar-refractivity contribution in [2.24, 2.45) is 0 Å². The number of aromatic nitrogens is 1. The molecule has 1 amide bonds. The van der Waals surface area contributed by atoms with E-state index in [-0.39, 0.29) is 12.5 Å². The van der Waals surface area contributed by atoms with E-state index in [1.807, 2.05) is 19.9 Å². The third-order valence-electron chi connectivity index (χ3n) is 2.42. The molecular weight excluding hydrogens is 218 g/mol. The van der Waals surface area contributed by atoms with E-state index in [2.05, 4.69) is 10.3 Å². The summed E-state index contributed by atoms with van der Waals surface area (Å²) in [6.07, 6.45) is 1.57. The average molecular weight is 237 g/mol. The number of nitrogens with zero attached hydrogens (tertiary/aromatic N) is 2. The number of amides is 1. The fourth-order valence-corrected chi connectivity index (χ4v) is 1.52. The molecule has 0 saturated carbocycles. The molecule has 0 bridgehead atoms. The number of hydrogen-bond donors (Lipinski definition) is 2. The Hall–Kier alpha value is -1.62. The van der Waals surface area contributed by atoms with Crippen LogP contribution < -0.4 is 5.32 Å². The summed E-state index contributed by atoms with van der Waals surface area (Å²) in [5.74, 6) is -0.137. The highest BCUT2D eigenvalue weighted by atomic mass is 16.3. The molecule has 0 unspecified atom stereocenters. The molecule has 0 aliphatic heterocycles. The quantitative estimate of drug-likeness (QED) is 0.798. The first-order chi connectivity index (χ1) is 8.10. The molecule has 0 atom stereocenters. The Morgan fingerprint density at radius 1 is 1.59 bits per heavy atom. The van der Waals surface area contributed by atoms with Gasteiger partial charge >= 0.3 is 0 Å². The topological polar surface area (TPSA) is 65.5 Å². The molecular formula is C12H19N3O2. The van der Waals surface area contributed by atoms with Crippen LogP contribution in [0.15, 0.2) is 12.3 Å². The van der Waals surface area contributed by atoms with Crippen molar-refractivity contribution < 1.29 is 9.90 Å². The van der Waals surface area contributed by atoms with Crippen LogP contribution in [-0.2, 0) is 0 Å². The molecule has 1 rings (SSSR count). The second kappa shape index (κ2) is 6.20. The normalized spacial score (nSPS) is 10.1. The molecule has 1 aromatic heterocycles. The molecule has 0 radical (unpaired) electrons. The van der Waals surface area contributed by atoms with Gasteiger partial charge in [0.15, 0.2) is 0 Å². The minimum Gasteiger partial charge on any atom is -0.395 e. The molecule has 1 heterocycles. The number of nitrogens with one attached hydrogen (secondary N) is 1. The zero-order valence-electron chi connectivity index (χ0n) is 10.5. The Bertz CT molecular complexity index is 393. The van der Waals surface area contributed by atoms with Crippen LogP contribution in [0.2, 0.25) is 0 Å². The number of anilines is 1. The number of carbonyl (C=O) groups excluding carboxylic acids is 1. The second-order valence-electron chi connectivity index (χ2n) is 3.85. The highest BCUT2D eigenvalue weighted by molar-refractivity contribution is 5.99. The first-order valence-corrected chi connectivity index (χ1v) is 5.67. The van der Waals surface area contributed by atoms with E-state index in [0.29, 0.717) is 12.1 Å². The number of aliphatic hydroxyl groups excluding tert-OH is 1. The number of likely N-dealkylation sites (N-methyl/N-ethyl adjacent to an activating group) is 1. The first-order valence-electron chi connectivity index (χ1n) is 5.67. The van der Waals surface area contributed by atoms with E-state index in [4.69, 9.17) is 5.11 Å². The van der Waals surface area contributed by atoms with Crippen molar-refractivity contribution in [2.45, 2.75) is 13.8 Å². The third-order valence-corrected chi connectivity index (χ3v) is 2.42. The predicted octanol–water partition coefficient (Wildman–Crippen LogP) is 0.886. The summed E-state index contributed by atoms with van der Waals surface area (Å²) in [6, 6.07) is 1.85. The van der Waals surface area contributed by atoms with Crippen LogP contribution in [0, 0.1) is 6.92 Å². The Morgan fingerprint density at radius 2 is 2.29 bits per heavy atom. The lowest BCUT2D eigenvalue weighted by Crippen LogP contribution is -2.30. The molecule has 5 nitrogen and oxygen atoms in total. The summed E-state index contributed by atoms with van der Waals surface area (Å²) >= 11 is 0. The van der Waals surface area contributed by atoms with Crippen molar-refractivity contribution in [3.63, 3.8) is 0 Å². The fraction of sp³-hybridized carbons (Fsp3) is 0.500. The van der Waals surface area contributed by atoms with Gasteiger partial charge in [-0.15, -0.1) is 0 Å². The first kappa shape index (κ1) is 13.4. The summed E-state index contributed by atoms with van der Waals surface area (Å²) < 4.78 is 0. The smallest absolute Gasteiger partial charge is 0.257 e. The van der Waals surface area contributed by atoms with Gasteiger partial charge in [0.1, 0.15) is 0 Å². The fourth-order valence-electron chi connectivity index (χ4n) is 1.52. The van der Waals surface area contributed by atoms with Crippen LogP contribution >= 0.6 is 0 Å². The summed E-state index contributed by atoms with van der Waals surface area (Å²) in [7, 11) is 1.66. The minimum atomic E-state index is -0.137. The number of rotatable bonds is 5. The largest absolute Gasteiger partial charge is 0.395 e. The molecule has 2 N–H and O–H groups in total. The molecule has 0 aliphatic rings. The van der Waals surface area contributed by atoms with Gasteiger partial charge in [0.2, 0.25) is 0 Å². The van der Waals surface area contributed by atoms with Gasteiger partial charge in [-0.2, -0.15) is 0 Å². The van der Waals surface area contributed by atoms with Gasteiger partial charge in [-0.25, -0.2) is 0 Å². The number of carbonyl (C=O) groups is 1. The van der Waals surface area contributed by atoms with E-state index in [1.165, 1.54) is 4.90 Å². The van der Waals surface area contributed by atoms with Crippen molar-refractivity contribution in [1.82, 2.24) is 9.88 Å². The molecule has 0 fully saturated rings. The van der Waals surface area contributed by atoms with E-state index in [1.54, 1.807) is 13.2 Å². The molecule has 0 aliphatic carbocycles. The van der Waals surface area contributed by atoms with Crippen LogP contribution in [0.3, 0.4) is 0 Å². The molecule has 1 aromatic rings. The maximum absolute atomic E-state index is 12.1. The van der Waals surface area contributed by atoms with Crippen molar-refractivity contribution in [3.8, 4) is 0 Å². The van der Waals surface area contributed by atoms with Crippen LogP contribution in [-0.4, -0.2) is 47.6 Å². The van der Waals surface area contributed by atoms with Gasteiger partial charge in [0, 0.05) is 32.0 Å². The van der Waals surface area contributed by atoms with Crippen molar-refractivity contribution in [3.05, 3.63) is 23.5 Å². The zero-order chi connectivity index (χ0) is 12.8. The molecule has 0 aromatic carbocycles. The van der Waals surface area contributed by atoms with Crippen LogP contribution in [0.4, 0.5) is 5.69 Å². The molecule has 94 valence electrons. The lowest BCUT2D eigenvalue weighted by Gasteiger charge is -2.18. The number of pyridine rings is 1. The Kier molecular flexibility index (Phi) is 4.90. The van der Waals surface area contributed by atoms with Crippen LogP contribution in [0.5, 0.6) is 0 Å². The van der Waals surface area contributed by atoms with Crippen molar-refractivity contribution in [2.75, 3.05) is 32.1 Å². The SMILES string of the molecule is CCNc1cc(C)ncc1C(=O)N(C)CCO. The molecule has 0 spiro atoms.